The average molecular weight is 346 g/mol. The summed E-state index contributed by atoms with van der Waals surface area (Å²) in [4.78, 5) is 13.4. The first-order chi connectivity index (χ1) is 11.4. The number of alkyl halides is 3. The third-order valence-electron chi connectivity index (χ3n) is 4.32. The molecule has 0 bridgehead atoms. The van der Waals surface area contributed by atoms with Crippen molar-refractivity contribution in [1.29, 1.82) is 0 Å². The van der Waals surface area contributed by atoms with Gasteiger partial charge in [-0.25, -0.2) is 0 Å². The van der Waals surface area contributed by atoms with Crippen LogP contribution in [0, 0.1) is 0 Å². The van der Waals surface area contributed by atoms with E-state index in [1.807, 2.05) is 10.7 Å². The van der Waals surface area contributed by atoms with Crippen LogP contribution in [0.1, 0.15) is 24.2 Å². The number of ether oxygens (including phenoxy) is 1. The first-order valence-corrected chi connectivity index (χ1v) is 8.16. The van der Waals surface area contributed by atoms with Gasteiger partial charge in [0.15, 0.2) is 6.10 Å². The smallest absolute Gasteiger partial charge is 0.365 e. The third kappa shape index (κ3) is 4.07. The number of hydrogen-bond acceptors (Lipinski definition) is 4. The number of fused-ring (bicyclic) bond motifs is 1. The Labute approximate surface area is 137 Å². The van der Waals surface area contributed by atoms with Gasteiger partial charge in [-0.3, -0.25) is 9.48 Å². The second kappa shape index (κ2) is 7.10. The lowest BCUT2D eigenvalue weighted by molar-refractivity contribution is -0.236. The monoisotopic (exact) mass is 346 g/mol. The lowest BCUT2D eigenvalue weighted by Crippen LogP contribution is -2.51. The van der Waals surface area contributed by atoms with E-state index >= 15 is 0 Å². The van der Waals surface area contributed by atoms with Gasteiger partial charge in [-0.15, -0.1) is 0 Å². The van der Waals surface area contributed by atoms with Crippen molar-refractivity contribution in [3.63, 3.8) is 0 Å². The highest BCUT2D eigenvalue weighted by Gasteiger charge is 2.44. The summed E-state index contributed by atoms with van der Waals surface area (Å²) in [6, 6.07) is 1.96. The van der Waals surface area contributed by atoms with E-state index in [-0.39, 0.29) is 25.5 Å². The van der Waals surface area contributed by atoms with Crippen LogP contribution in [0.3, 0.4) is 0 Å². The van der Waals surface area contributed by atoms with Gasteiger partial charge in [0.2, 0.25) is 5.91 Å². The minimum atomic E-state index is -4.44. The topological polar surface area (TPSA) is 59.4 Å². The van der Waals surface area contributed by atoms with Crippen LogP contribution in [0.2, 0.25) is 0 Å². The normalized spacial score (nSPS) is 22.1. The molecule has 0 radical (unpaired) electrons. The fourth-order valence-electron chi connectivity index (χ4n) is 3.01. The number of nitrogens with one attached hydrogen (secondary N) is 1. The molecule has 0 spiro atoms. The van der Waals surface area contributed by atoms with Gasteiger partial charge in [-0.05, 0) is 19.0 Å². The minimum Gasteiger partial charge on any atom is -0.365 e. The predicted octanol–water partition coefficient (Wildman–Crippen LogP) is 1.10. The van der Waals surface area contributed by atoms with E-state index in [0.717, 1.165) is 37.4 Å². The molecular formula is C15H21F3N4O2. The summed E-state index contributed by atoms with van der Waals surface area (Å²) in [5.74, 6) is -0.283. The number of carbonyl (C=O) groups excluding carboxylic acids is 1. The van der Waals surface area contributed by atoms with Gasteiger partial charge in [-0.2, -0.15) is 18.3 Å². The molecule has 9 heteroatoms. The summed E-state index contributed by atoms with van der Waals surface area (Å²) in [6.07, 6.45) is -4.72. The van der Waals surface area contributed by atoms with E-state index in [1.54, 1.807) is 0 Å². The molecule has 1 atom stereocenters. The number of aryl methyl sites for hydroxylation is 2. The summed E-state index contributed by atoms with van der Waals surface area (Å²) in [5, 5.41) is 7.78. The number of hydrogen-bond donors (Lipinski definition) is 1. The summed E-state index contributed by atoms with van der Waals surface area (Å²) < 4.78 is 44.8. The number of carbonyl (C=O) groups is 1. The van der Waals surface area contributed by atoms with E-state index in [0.29, 0.717) is 6.42 Å². The Kier molecular flexibility index (Phi) is 5.09. The van der Waals surface area contributed by atoms with Crippen molar-refractivity contribution >= 4 is 5.91 Å². The highest BCUT2D eigenvalue weighted by molar-refractivity contribution is 5.76. The first kappa shape index (κ1) is 17.2. The average Bonchev–Trinajstić information content (AvgIpc) is 2.81. The van der Waals surface area contributed by atoms with Gasteiger partial charge in [-0.1, -0.05) is 0 Å². The minimum absolute atomic E-state index is 0.0830. The summed E-state index contributed by atoms with van der Waals surface area (Å²) in [6.45, 7) is 2.24. The fraction of sp³-hybridized carbons (Fsp3) is 0.733. The molecule has 3 rings (SSSR count). The molecule has 1 aromatic heterocycles. The fourth-order valence-corrected chi connectivity index (χ4v) is 3.01. The Bertz CT molecular complexity index is 564. The summed E-state index contributed by atoms with van der Waals surface area (Å²) in [7, 11) is 0. The number of morpholine rings is 1. The molecule has 2 aliphatic rings. The number of nitrogens with zero attached hydrogens (tertiary/aromatic N) is 3. The van der Waals surface area contributed by atoms with E-state index in [1.165, 1.54) is 4.90 Å². The lowest BCUT2D eigenvalue weighted by atomic mass is 10.2. The SMILES string of the molecule is O=C(CCc1cc2n(n1)CCCNC2)N1CCO[C@@H](C(F)(F)F)C1. The molecule has 0 saturated carbocycles. The lowest BCUT2D eigenvalue weighted by Gasteiger charge is -2.33. The second-order valence-corrected chi connectivity index (χ2v) is 6.12. The molecule has 24 heavy (non-hydrogen) atoms. The van der Waals surface area contributed by atoms with Crippen molar-refractivity contribution in [3.05, 3.63) is 17.5 Å². The van der Waals surface area contributed by atoms with Gasteiger partial charge in [0.05, 0.1) is 24.5 Å². The highest BCUT2D eigenvalue weighted by Crippen LogP contribution is 2.26. The Balaban J connectivity index is 1.54. The molecule has 134 valence electrons. The van der Waals surface area contributed by atoms with Gasteiger partial charge >= 0.3 is 6.18 Å². The van der Waals surface area contributed by atoms with Crippen LogP contribution in [0.15, 0.2) is 6.07 Å². The quantitative estimate of drug-likeness (QED) is 0.890. The highest BCUT2D eigenvalue weighted by atomic mass is 19.4. The zero-order valence-corrected chi connectivity index (χ0v) is 13.3. The Morgan fingerprint density at radius 1 is 1.42 bits per heavy atom. The van der Waals surface area contributed by atoms with Crippen LogP contribution in [0.5, 0.6) is 0 Å². The number of aromatic nitrogens is 2. The standard InChI is InChI=1S/C15H21F3N4O2/c16-15(17,18)13-10-21(6-7-24-13)14(23)3-2-11-8-12-9-19-4-1-5-22(12)20-11/h8,13,19H,1-7,9-10H2/t13-/m1/s1. The molecule has 6 nitrogen and oxygen atoms in total. The zero-order chi connectivity index (χ0) is 17.2. The van der Waals surface area contributed by atoms with Crippen molar-refractivity contribution in [2.75, 3.05) is 26.2 Å². The number of rotatable bonds is 3. The van der Waals surface area contributed by atoms with Crippen LogP contribution in [-0.4, -0.2) is 59.1 Å². The van der Waals surface area contributed by atoms with Crippen LogP contribution in [0.25, 0.3) is 0 Å². The van der Waals surface area contributed by atoms with Crippen molar-refractivity contribution in [2.45, 2.75) is 44.6 Å². The maximum atomic E-state index is 12.7. The van der Waals surface area contributed by atoms with Crippen LogP contribution < -0.4 is 5.32 Å². The van der Waals surface area contributed by atoms with Gasteiger partial charge in [0.25, 0.3) is 0 Å². The molecule has 0 aromatic carbocycles. The van der Waals surface area contributed by atoms with Crippen molar-refractivity contribution < 1.29 is 22.7 Å². The predicted molar refractivity (Wildman–Crippen MR) is 79.2 cm³/mol. The molecule has 1 amide bonds. The van der Waals surface area contributed by atoms with Crippen molar-refractivity contribution in [2.24, 2.45) is 0 Å². The van der Waals surface area contributed by atoms with Gasteiger partial charge in [0.1, 0.15) is 0 Å². The maximum Gasteiger partial charge on any atom is 0.416 e. The Morgan fingerprint density at radius 2 is 2.25 bits per heavy atom. The molecule has 1 aromatic rings. The van der Waals surface area contributed by atoms with Crippen LogP contribution in [-0.2, 0) is 29.0 Å². The van der Waals surface area contributed by atoms with Crippen molar-refractivity contribution in [1.82, 2.24) is 20.0 Å². The van der Waals surface area contributed by atoms with Crippen LogP contribution >= 0.6 is 0 Å². The Hall–Kier alpha value is -1.61. The number of halogens is 3. The van der Waals surface area contributed by atoms with E-state index in [2.05, 4.69) is 10.4 Å². The summed E-state index contributed by atoms with van der Waals surface area (Å²) >= 11 is 0. The Morgan fingerprint density at radius 3 is 3.04 bits per heavy atom. The maximum absolute atomic E-state index is 12.7. The van der Waals surface area contributed by atoms with Gasteiger partial charge < -0.3 is 15.0 Å². The van der Waals surface area contributed by atoms with E-state index in [4.69, 9.17) is 4.74 Å². The van der Waals surface area contributed by atoms with E-state index < -0.39 is 18.8 Å². The molecule has 3 heterocycles. The largest absolute Gasteiger partial charge is 0.416 e. The summed E-state index contributed by atoms with van der Waals surface area (Å²) in [5.41, 5.74) is 1.89. The number of amides is 1. The molecule has 2 aliphatic heterocycles. The molecule has 1 fully saturated rings. The zero-order valence-electron chi connectivity index (χ0n) is 13.3. The van der Waals surface area contributed by atoms with Crippen LogP contribution in [0.4, 0.5) is 13.2 Å². The second-order valence-electron chi connectivity index (χ2n) is 6.12. The molecular weight excluding hydrogens is 325 g/mol. The molecule has 1 N–H and O–H groups in total. The first-order valence-electron chi connectivity index (χ1n) is 8.16. The molecule has 0 aliphatic carbocycles. The van der Waals surface area contributed by atoms with Crippen molar-refractivity contribution in [3.8, 4) is 0 Å². The molecule has 1 saturated heterocycles. The molecule has 0 unspecified atom stereocenters. The van der Waals surface area contributed by atoms with E-state index in [9.17, 15) is 18.0 Å². The van der Waals surface area contributed by atoms with Gasteiger partial charge in [0, 0.05) is 32.5 Å². The third-order valence-corrected chi connectivity index (χ3v) is 4.32.